The minimum Gasteiger partial charge on any atom is -0.258 e. The van der Waals surface area contributed by atoms with Crippen LogP contribution >= 0.6 is 0 Å². The van der Waals surface area contributed by atoms with Gasteiger partial charge in [-0.25, -0.2) is 9.97 Å². The fraction of sp³-hybridized carbons (Fsp3) is 0.0769. The van der Waals surface area contributed by atoms with Crippen molar-refractivity contribution in [3.63, 3.8) is 0 Å². The Hall–Kier alpha value is -2.41. The van der Waals surface area contributed by atoms with Gasteiger partial charge >= 0.3 is 0 Å². The van der Waals surface area contributed by atoms with Gasteiger partial charge in [-0.05, 0) is 6.07 Å². The number of benzene rings is 1. The summed E-state index contributed by atoms with van der Waals surface area (Å²) in [7, 11) is -1.23. The molecule has 1 atom stereocenters. The van der Waals surface area contributed by atoms with Crippen molar-refractivity contribution in [2.45, 2.75) is 5.16 Å². The fourth-order valence-corrected chi connectivity index (χ4v) is 2.37. The lowest BCUT2D eigenvalue weighted by Gasteiger charge is -2.05. The minimum absolute atomic E-state index is 0.364. The van der Waals surface area contributed by atoms with E-state index < -0.39 is 10.8 Å². The zero-order chi connectivity index (χ0) is 13.9. The molecule has 0 saturated carbocycles. The Balaban J connectivity index is 2.08. The minimum atomic E-state index is -1.23. The van der Waals surface area contributed by atoms with Gasteiger partial charge in [0, 0.05) is 18.0 Å². The lowest BCUT2D eigenvalue weighted by atomic mass is 10.2. The third-order valence-electron chi connectivity index (χ3n) is 2.69. The molecule has 7 heteroatoms. The van der Waals surface area contributed by atoms with Gasteiger partial charge in [0.25, 0.3) is 0 Å². The molecule has 0 N–H and O–H groups in total. The number of hydrogen-bond acceptors (Lipinski definition) is 5. The van der Waals surface area contributed by atoms with Gasteiger partial charge in [0.05, 0.1) is 10.8 Å². The van der Waals surface area contributed by atoms with E-state index >= 15 is 0 Å². The van der Waals surface area contributed by atoms with E-state index in [2.05, 4.69) is 20.2 Å². The number of nitrogens with zero attached hydrogens (tertiary/aromatic N) is 5. The summed E-state index contributed by atoms with van der Waals surface area (Å²) in [5.41, 5.74) is 0.918. The molecule has 20 heavy (non-hydrogen) atoms. The summed E-state index contributed by atoms with van der Waals surface area (Å²) in [5.74, 6) is 1.19. The van der Waals surface area contributed by atoms with E-state index in [9.17, 15) is 4.21 Å². The smallest absolute Gasteiger partial charge is 0.226 e. The SMILES string of the molecule is C[S@@](=O)c1nncn1-c1ccnc(-c2ccccc2)n1. The monoisotopic (exact) mass is 285 g/mol. The van der Waals surface area contributed by atoms with Crippen molar-refractivity contribution < 1.29 is 4.21 Å². The molecule has 0 amide bonds. The molecule has 0 unspecified atom stereocenters. The molecule has 2 heterocycles. The van der Waals surface area contributed by atoms with Gasteiger partial charge in [0.15, 0.2) is 5.82 Å². The predicted octanol–water partition coefficient (Wildman–Crippen LogP) is 1.46. The molecule has 100 valence electrons. The van der Waals surface area contributed by atoms with Crippen LogP contribution in [0.2, 0.25) is 0 Å². The Kier molecular flexibility index (Phi) is 3.34. The van der Waals surface area contributed by atoms with E-state index in [1.807, 2.05) is 30.3 Å². The van der Waals surface area contributed by atoms with E-state index in [0.29, 0.717) is 16.8 Å². The number of rotatable bonds is 3. The highest BCUT2D eigenvalue weighted by Crippen LogP contribution is 2.16. The molecule has 0 aliphatic heterocycles. The highest BCUT2D eigenvalue weighted by atomic mass is 32.2. The van der Waals surface area contributed by atoms with Gasteiger partial charge in [-0.2, -0.15) is 0 Å². The summed E-state index contributed by atoms with van der Waals surface area (Å²) in [6, 6.07) is 11.4. The molecule has 0 aliphatic rings. The summed E-state index contributed by atoms with van der Waals surface area (Å²) in [4.78, 5) is 8.72. The van der Waals surface area contributed by atoms with Crippen LogP contribution in [0.3, 0.4) is 0 Å². The average Bonchev–Trinajstić information content (AvgIpc) is 2.98. The van der Waals surface area contributed by atoms with Gasteiger partial charge in [-0.3, -0.25) is 8.78 Å². The third-order valence-corrected chi connectivity index (χ3v) is 3.49. The van der Waals surface area contributed by atoms with E-state index in [-0.39, 0.29) is 0 Å². The quantitative estimate of drug-likeness (QED) is 0.728. The highest BCUT2D eigenvalue weighted by Gasteiger charge is 2.11. The molecule has 3 rings (SSSR count). The molecule has 0 bridgehead atoms. The van der Waals surface area contributed by atoms with Crippen molar-refractivity contribution in [1.82, 2.24) is 24.7 Å². The second-order valence-electron chi connectivity index (χ2n) is 4.04. The first-order valence-electron chi connectivity index (χ1n) is 5.88. The first-order valence-corrected chi connectivity index (χ1v) is 7.44. The predicted molar refractivity (Wildman–Crippen MR) is 74.7 cm³/mol. The lowest BCUT2D eigenvalue weighted by molar-refractivity contribution is 0.675. The Morgan fingerprint density at radius 1 is 1.15 bits per heavy atom. The molecule has 0 fully saturated rings. The Labute approximate surface area is 118 Å². The highest BCUT2D eigenvalue weighted by molar-refractivity contribution is 7.84. The average molecular weight is 285 g/mol. The molecule has 0 aliphatic carbocycles. The molecular formula is C13H11N5OS. The number of hydrogen-bond donors (Lipinski definition) is 0. The van der Waals surface area contributed by atoms with Crippen molar-refractivity contribution in [3.8, 4) is 17.2 Å². The van der Waals surface area contributed by atoms with Crippen molar-refractivity contribution in [2.24, 2.45) is 0 Å². The van der Waals surface area contributed by atoms with Crippen LogP contribution < -0.4 is 0 Å². The van der Waals surface area contributed by atoms with Crippen LogP contribution in [0.1, 0.15) is 0 Å². The third kappa shape index (κ3) is 2.35. The van der Waals surface area contributed by atoms with E-state index in [1.54, 1.807) is 23.1 Å². The molecular weight excluding hydrogens is 274 g/mol. The van der Waals surface area contributed by atoms with Gasteiger partial charge in [0.2, 0.25) is 5.16 Å². The van der Waals surface area contributed by atoms with Crippen LogP contribution in [0.5, 0.6) is 0 Å². The van der Waals surface area contributed by atoms with E-state index in [1.165, 1.54) is 6.33 Å². The summed E-state index contributed by atoms with van der Waals surface area (Å²) in [6.07, 6.45) is 4.71. The maximum absolute atomic E-state index is 11.6. The second kappa shape index (κ2) is 5.30. The van der Waals surface area contributed by atoms with Crippen molar-refractivity contribution >= 4 is 10.8 Å². The molecule has 1 aromatic carbocycles. The molecule has 6 nitrogen and oxygen atoms in total. The normalized spacial score (nSPS) is 12.2. The Morgan fingerprint density at radius 2 is 1.95 bits per heavy atom. The first kappa shape index (κ1) is 12.6. The van der Waals surface area contributed by atoms with Crippen LogP contribution in [0, 0.1) is 0 Å². The summed E-state index contributed by atoms with van der Waals surface area (Å²) in [6.45, 7) is 0. The Morgan fingerprint density at radius 3 is 2.70 bits per heavy atom. The molecule has 0 saturated heterocycles. The summed E-state index contributed by atoms with van der Waals surface area (Å²) < 4.78 is 13.2. The van der Waals surface area contributed by atoms with E-state index in [4.69, 9.17) is 0 Å². The van der Waals surface area contributed by atoms with Gasteiger partial charge < -0.3 is 0 Å². The largest absolute Gasteiger partial charge is 0.258 e. The zero-order valence-corrected chi connectivity index (χ0v) is 11.5. The van der Waals surface area contributed by atoms with Gasteiger partial charge in [0.1, 0.15) is 12.1 Å². The van der Waals surface area contributed by atoms with Crippen LogP contribution in [0.15, 0.2) is 54.1 Å². The second-order valence-corrected chi connectivity index (χ2v) is 5.32. The maximum atomic E-state index is 11.6. The van der Waals surface area contributed by atoms with Crippen molar-refractivity contribution in [1.29, 1.82) is 0 Å². The van der Waals surface area contributed by atoms with Crippen molar-refractivity contribution in [3.05, 3.63) is 48.9 Å². The van der Waals surface area contributed by atoms with Crippen LogP contribution in [0.25, 0.3) is 17.2 Å². The molecule has 0 radical (unpaired) electrons. The molecule has 3 aromatic rings. The molecule has 2 aromatic heterocycles. The first-order chi connectivity index (χ1) is 9.75. The topological polar surface area (TPSA) is 73.6 Å². The van der Waals surface area contributed by atoms with Gasteiger partial charge in [-0.1, -0.05) is 30.3 Å². The van der Waals surface area contributed by atoms with Crippen molar-refractivity contribution in [2.75, 3.05) is 6.26 Å². The summed E-state index contributed by atoms with van der Waals surface area (Å²) in [5, 5.41) is 7.99. The summed E-state index contributed by atoms with van der Waals surface area (Å²) >= 11 is 0. The standard InChI is InChI=1S/C13H11N5OS/c1-20(19)13-17-15-9-18(13)11-7-8-14-12(16-11)10-5-3-2-4-6-10/h2-9H,1H3/t20-/m1/s1. The van der Waals surface area contributed by atoms with Crippen LogP contribution in [-0.2, 0) is 10.8 Å². The zero-order valence-electron chi connectivity index (χ0n) is 10.7. The fourth-order valence-electron chi connectivity index (χ4n) is 1.79. The lowest BCUT2D eigenvalue weighted by Crippen LogP contribution is -2.05. The maximum Gasteiger partial charge on any atom is 0.226 e. The van der Waals surface area contributed by atoms with Gasteiger partial charge in [-0.15, -0.1) is 10.2 Å². The number of aromatic nitrogens is 5. The van der Waals surface area contributed by atoms with E-state index in [0.717, 1.165) is 5.56 Å². The van der Waals surface area contributed by atoms with Crippen LogP contribution in [0.4, 0.5) is 0 Å². The molecule has 0 spiro atoms. The Bertz CT molecular complexity index is 756. The van der Waals surface area contributed by atoms with Crippen LogP contribution in [-0.4, -0.2) is 35.2 Å².